The molecule has 1 aromatic heterocycles. The number of hydrogen-bond acceptors (Lipinski definition) is 11. The number of hydrogen-bond donors (Lipinski definition) is 3. The summed E-state index contributed by atoms with van der Waals surface area (Å²) in [4.78, 5) is 65.0. The Morgan fingerprint density at radius 2 is 1.93 bits per heavy atom. The number of hydrazine groups is 1. The Morgan fingerprint density at radius 3 is 2.52 bits per heavy atom. The lowest BCUT2D eigenvalue weighted by atomic mass is 10.0. The zero-order chi connectivity index (χ0) is 31.4. The topological polar surface area (TPSA) is 189 Å². The van der Waals surface area contributed by atoms with Crippen molar-refractivity contribution in [1.82, 2.24) is 20.1 Å². The Kier molecular flexibility index (Phi) is 11.0. The highest BCUT2D eigenvalue weighted by Crippen LogP contribution is 2.26. The summed E-state index contributed by atoms with van der Waals surface area (Å²) in [5.74, 6) is -3.61. The smallest absolute Gasteiger partial charge is 0.349 e. The van der Waals surface area contributed by atoms with Gasteiger partial charge in [-0.1, -0.05) is 11.6 Å². The van der Waals surface area contributed by atoms with E-state index in [0.717, 1.165) is 27.6 Å². The molecule has 3 rings (SSSR count). The van der Waals surface area contributed by atoms with Gasteiger partial charge in [0.15, 0.2) is 0 Å². The molecule has 0 radical (unpaired) electrons. The zero-order valence-electron chi connectivity index (χ0n) is 23.6. The number of esters is 2. The van der Waals surface area contributed by atoms with E-state index in [0.29, 0.717) is 6.42 Å². The molecule has 17 heteroatoms. The second kappa shape index (κ2) is 13.7. The molecule has 4 atom stereocenters. The molecule has 234 valence electrons. The summed E-state index contributed by atoms with van der Waals surface area (Å²) in [7, 11) is -3.82. The van der Waals surface area contributed by atoms with E-state index in [2.05, 4.69) is 10.0 Å². The highest BCUT2D eigenvalue weighted by atomic mass is 35.5. The van der Waals surface area contributed by atoms with E-state index >= 15 is 0 Å². The number of carbonyl (C=O) groups excluding carboxylic acids is 5. The number of sulfonamides is 1. The van der Waals surface area contributed by atoms with Crippen LogP contribution < -0.4 is 10.0 Å². The van der Waals surface area contributed by atoms with E-state index in [1.807, 2.05) is 0 Å². The van der Waals surface area contributed by atoms with Crippen molar-refractivity contribution in [2.45, 2.75) is 82.7 Å². The number of aliphatic hydroxyl groups is 1. The number of nitrogens with zero attached hydrogens (tertiary/aromatic N) is 2. The molecule has 2 fully saturated rings. The quantitative estimate of drug-likeness (QED) is 0.302. The lowest BCUT2D eigenvalue weighted by Crippen LogP contribution is -2.64. The molecule has 42 heavy (non-hydrogen) atoms. The van der Waals surface area contributed by atoms with Gasteiger partial charge in [0.05, 0.1) is 23.7 Å². The minimum absolute atomic E-state index is 0.0916. The van der Waals surface area contributed by atoms with Crippen LogP contribution in [0.25, 0.3) is 0 Å². The van der Waals surface area contributed by atoms with Gasteiger partial charge in [0.25, 0.3) is 5.91 Å². The van der Waals surface area contributed by atoms with E-state index in [4.69, 9.17) is 21.1 Å². The molecule has 14 nitrogen and oxygen atoms in total. The first kappa shape index (κ1) is 33.7. The first-order valence-corrected chi connectivity index (χ1v) is 16.3. The van der Waals surface area contributed by atoms with Crippen LogP contribution >= 0.6 is 22.9 Å². The normalized spacial score (nSPS) is 21.2. The van der Waals surface area contributed by atoms with Crippen molar-refractivity contribution >= 4 is 62.6 Å². The average Bonchev–Trinajstić information content (AvgIpc) is 3.27. The monoisotopic (exact) mass is 650 g/mol. The third-order valence-electron chi connectivity index (χ3n) is 6.31. The molecule has 0 spiro atoms. The maximum Gasteiger partial charge on any atom is 0.349 e. The van der Waals surface area contributed by atoms with Crippen LogP contribution in [0.5, 0.6) is 0 Å². The molecule has 3 amide bonds. The SMILES string of the molecule is CC(C)(C)OC(=O)C[C@H](NC(=O)[C@@H]1CCCN2C(=O)CC[C@H](NS(C)(=O)=O)C(=O)N12)[C@@H](O)COC(=O)c1sccc1Cl. The first-order chi connectivity index (χ1) is 19.5. The summed E-state index contributed by atoms with van der Waals surface area (Å²) in [6.07, 6.45) is -0.944. The van der Waals surface area contributed by atoms with Gasteiger partial charge in [-0.2, -0.15) is 0 Å². The van der Waals surface area contributed by atoms with Crippen molar-refractivity contribution in [2.75, 3.05) is 19.4 Å². The molecule has 0 aliphatic carbocycles. The van der Waals surface area contributed by atoms with Gasteiger partial charge < -0.3 is 19.9 Å². The van der Waals surface area contributed by atoms with Gasteiger partial charge in [0.2, 0.25) is 21.8 Å². The summed E-state index contributed by atoms with van der Waals surface area (Å²) in [6, 6.07) is -2.34. The molecule has 2 saturated heterocycles. The zero-order valence-corrected chi connectivity index (χ0v) is 26.0. The fourth-order valence-electron chi connectivity index (χ4n) is 4.55. The highest BCUT2D eigenvalue weighted by molar-refractivity contribution is 7.88. The fraction of sp³-hybridized carbons (Fsp3) is 0.640. The van der Waals surface area contributed by atoms with Gasteiger partial charge in [0.1, 0.15) is 35.3 Å². The lowest BCUT2D eigenvalue weighted by Gasteiger charge is -2.43. The largest absolute Gasteiger partial charge is 0.460 e. The molecule has 0 bridgehead atoms. The second-order valence-electron chi connectivity index (χ2n) is 11.0. The molecule has 2 aliphatic heterocycles. The Bertz CT molecular complexity index is 1310. The van der Waals surface area contributed by atoms with E-state index in [1.54, 1.807) is 26.2 Å². The number of nitrogens with one attached hydrogen (secondary N) is 2. The van der Waals surface area contributed by atoms with E-state index in [1.165, 1.54) is 6.07 Å². The Hall–Kier alpha value is -2.79. The fourth-order valence-corrected chi connectivity index (χ4v) is 6.31. The Labute approximate surface area is 252 Å². The maximum absolute atomic E-state index is 13.6. The minimum atomic E-state index is -3.82. The Balaban J connectivity index is 1.82. The Morgan fingerprint density at radius 1 is 1.24 bits per heavy atom. The second-order valence-corrected chi connectivity index (χ2v) is 14.1. The first-order valence-electron chi connectivity index (χ1n) is 13.2. The van der Waals surface area contributed by atoms with Crippen LogP contribution in [0.1, 0.15) is 62.5 Å². The summed E-state index contributed by atoms with van der Waals surface area (Å²) in [5, 5.41) is 17.3. The molecule has 3 N–H and O–H groups in total. The number of aliphatic hydroxyl groups excluding tert-OH is 1. The molecule has 1 aromatic rings. The minimum Gasteiger partial charge on any atom is -0.460 e. The number of ether oxygens (including phenoxy) is 2. The molecule has 0 aromatic carbocycles. The van der Waals surface area contributed by atoms with Crippen LogP contribution in [0.3, 0.4) is 0 Å². The van der Waals surface area contributed by atoms with Crippen LogP contribution in [-0.2, 0) is 38.7 Å². The van der Waals surface area contributed by atoms with Gasteiger partial charge in [-0.3, -0.25) is 24.2 Å². The van der Waals surface area contributed by atoms with Crippen molar-refractivity contribution in [3.05, 3.63) is 21.3 Å². The predicted molar refractivity (Wildman–Crippen MR) is 151 cm³/mol. The van der Waals surface area contributed by atoms with E-state index < -0.39 is 82.5 Å². The van der Waals surface area contributed by atoms with Crippen molar-refractivity contribution in [3.63, 3.8) is 0 Å². The van der Waals surface area contributed by atoms with Crippen LogP contribution in [0.15, 0.2) is 11.4 Å². The molecular weight excluding hydrogens is 616 g/mol. The van der Waals surface area contributed by atoms with Gasteiger partial charge in [-0.25, -0.2) is 22.9 Å². The van der Waals surface area contributed by atoms with Crippen molar-refractivity contribution in [2.24, 2.45) is 0 Å². The average molecular weight is 651 g/mol. The third-order valence-corrected chi connectivity index (χ3v) is 8.34. The van der Waals surface area contributed by atoms with Gasteiger partial charge in [-0.05, 0) is 51.5 Å². The van der Waals surface area contributed by atoms with E-state index in [-0.39, 0.29) is 35.7 Å². The predicted octanol–water partition coefficient (Wildman–Crippen LogP) is 0.582. The van der Waals surface area contributed by atoms with Gasteiger partial charge in [-0.15, -0.1) is 11.3 Å². The molecular formula is C25H35ClN4O10S2. The van der Waals surface area contributed by atoms with Crippen LogP contribution in [0, 0.1) is 0 Å². The third kappa shape index (κ3) is 9.10. The van der Waals surface area contributed by atoms with Crippen LogP contribution in [0.2, 0.25) is 5.02 Å². The number of fused-ring (bicyclic) bond motifs is 1. The maximum atomic E-state index is 13.6. The van der Waals surface area contributed by atoms with Gasteiger partial charge in [0, 0.05) is 13.0 Å². The number of rotatable bonds is 10. The van der Waals surface area contributed by atoms with Crippen LogP contribution in [-0.4, -0.2) is 102 Å². The van der Waals surface area contributed by atoms with Crippen molar-refractivity contribution < 1.29 is 47.0 Å². The lowest BCUT2D eigenvalue weighted by molar-refractivity contribution is -0.176. The van der Waals surface area contributed by atoms with Gasteiger partial charge >= 0.3 is 11.9 Å². The summed E-state index contributed by atoms with van der Waals surface area (Å²) in [6.45, 7) is 4.45. The summed E-state index contributed by atoms with van der Waals surface area (Å²) >= 11 is 7.00. The molecule has 0 saturated carbocycles. The number of thiophene rings is 1. The number of amides is 3. The number of halogens is 1. The van der Waals surface area contributed by atoms with Crippen molar-refractivity contribution in [1.29, 1.82) is 0 Å². The molecule has 0 unspecified atom stereocenters. The van der Waals surface area contributed by atoms with Crippen molar-refractivity contribution in [3.8, 4) is 0 Å². The van der Waals surface area contributed by atoms with Crippen LogP contribution in [0.4, 0.5) is 0 Å². The molecule has 2 aliphatic rings. The number of carbonyl (C=O) groups is 5. The highest BCUT2D eigenvalue weighted by Gasteiger charge is 2.45. The summed E-state index contributed by atoms with van der Waals surface area (Å²) in [5.41, 5.74) is -0.872. The molecule has 3 heterocycles. The summed E-state index contributed by atoms with van der Waals surface area (Å²) < 4.78 is 36.5. The van der Waals surface area contributed by atoms with E-state index in [9.17, 15) is 37.5 Å². The standard InChI is InChI=1S/C25H35ClN4O10S2/c1-25(2,3)40-20(33)12-16(18(31)13-39-24(36)21-14(26)9-11-41-21)27-22(34)17-6-5-10-29-19(32)8-7-15(23(35)30(17)29)28-42(4,37)38/h9,11,15-18,28,31H,5-8,10,12-13H2,1-4H3,(H,27,34)/t15-,16-,17-,18-/m0/s1.